The number of nitrogens with one attached hydrogen (secondary N) is 1. The summed E-state index contributed by atoms with van der Waals surface area (Å²) < 4.78 is -0.750. The number of carboxylic acid groups (broad SMARTS) is 1. The second-order valence-corrected chi connectivity index (χ2v) is 6.21. The minimum atomic E-state index is -1.35. The fraction of sp³-hybridized carbons (Fsp3) is 0.800. The zero-order chi connectivity index (χ0) is 15.6. The Labute approximate surface area is 126 Å². The van der Waals surface area contributed by atoms with Gasteiger partial charge in [0, 0.05) is 12.0 Å². The van der Waals surface area contributed by atoms with E-state index >= 15 is 0 Å². The molecule has 0 radical (unpaired) electrons. The normalized spacial score (nSPS) is 12.4. The van der Waals surface area contributed by atoms with E-state index in [0.717, 1.165) is 0 Å². The van der Waals surface area contributed by atoms with Gasteiger partial charge in [0.05, 0.1) is 13.0 Å². The van der Waals surface area contributed by atoms with Crippen molar-refractivity contribution in [2.45, 2.75) is 30.7 Å². The highest BCUT2D eigenvalue weighted by atomic mass is 35.6. The van der Waals surface area contributed by atoms with Crippen LogP contribution in [0.5, 0.6) is 0 Å². The Morgan fingerprint density at radius 1 is 1.26 bits per heavy atom. The number of carbonyl (C=O) groups excluding carboxylic acids is 1. The molecule has 0 unspecified atom stereocenters. The molecule has 1 amide bonds. The number of carboxylic acids is 1. The summed E-state index contributed by atoms with van der Waals surface area (Å²) in [6.45, 7) is 2.70. The van der Waals surface area contributed by atoms with E-state index in [1.165, 1.54) is 13.8 Å². The van der Waals surface area contributed by atoms with Crippen LogP contribution in [-0.4, -0.2) is 50.7 Å². The lowest BCUT2D eigenvalue weighted by Gasteiger charge is -2.26. The summed E-state index contributed by atoms with van der Waals surface area (Å²) >= 11 is 14.4. The smallest absolute Gasteiger partial charge is 0.305 e. The van der Waals surface area contributed by atoms with Crippen molar-refractivity contribution >= 4 is 46.7 Å². The number of aliphatic hydroxyl groups excluding tert-OH is 2. The molecule has 0 aromatic heterocycles. The summed E-state index contributed by atoms with van der Waals surface area (Å²) in [5, 5.41) is 29.0. The zero-order valence-corrected chi connectivity index (χ0v) is 12.8. The first-order valence-electron chi connectivity index (χ1n) is 5.25. The SMILES string of the molecule is CC(C)(CO)[C@@H](O)C(=O)NCCC(=O)O.ClC(Cl)Cl. The van der Waals surface area contributed by atoms with Crippen LogP contribution in [0.1, 0.15) is 20.3 Å². The van der Waals surface area contributed by atoms with E-state index in [4.69, 9.17) is 45.0 Å². The zero-order valence-electron chi connectivity index (χ0n) is 10.6. The van der Waals surface area contributed by atoms with Gasteiger partial charge in [-0.05, 0) is 0 Å². The molecule has 0 spiro atoms. The molecule has 4 N–H and O–H groups in total. The molecular formula is C10H18Cl3NO5. The monoisotopic (exact) mass is 337 g/mol. The third-order valence-electron chi connectivity index (χ3n) is 2.03. The predicted octanol–water partition coefficient (Wildman–Crippen LogP) is 0.943. The minimum absolute atomic E-state index is 0.0350. The van der Waals surface area contributed by atoms with Crippen molar-refractivity contribution in [1.29, 1.82) is 0 Å². The molecule has 0 rings (SSSR count). The van der Waals surface area contributed by atoms with Crippen molar-refractivity contribution in [2.75, 3.05) is 13.2 Å². The number of rotatable bonds is 6. The Hall–Kier alpha value is -0.270. The van der Waals surface area contributed by atoms with Gasteiger partial charge < -0.3 is 20.6 Å². The van der Waals surface area contributed by atoms with Crippen LogP contribution in [0.15, 0.2) is 0 Å². The first kappa shape index (κ1) is 21.0. The average Bonchev–Trinajstić information content (AvgIpc) is 2.26. The third kappa shape index (κ3) is 12.5. The van der Waals surface area contributed by atoms with Gasteiger partial charge in [0.1, 0.15) is 6.10 Å². The summed E-state index contributed by atoms with van der Waals surface area (Å²) in [5.41, 5.74) is -0.937. The summed E-state index contributed by atoms with van der Waals surface area (Å²) in [7, 11) is 0. The Kier molecular flexibility index (Phi) is 11.6. The number of alkyl halides is 3. The molecule has 0 fully saturated rings. The molecule has 0 aliphatic rings. The molecule has 0 aromatic carbocycles. The molecule has 0 aliphatic heterocycles. The fourth-order valence-corrected chi connectivity index (χ4v) is 0.831. The average molecular weight is 339 g/mol. The molecule has 0 bridgehead atoms. The number of hydrogen-bond acceptors (Lipinski definition) is 4. The van der Waals surface area contributed by atoms with E-state index in [0.29, 0.717) is 0 Å². The number of amides is 1. The van der Waals surface area contributed by atoms with Gasteiger partial charge in [-0.2, -0.15) is 0 Å². The van der Waals surface area contributed by atoms with Crippen molar-refractivity contribution in [1.82, 2.24) is 5.32 Å². The van der Waals surface area contributed by atoms with Gasteiger partial charge in [0.2, 0.25) is 5.91 Å². The molecule has 0 aliphatic carbocycles. The van der Waals surface area contributed by atoms with Gasteiger partial charge in [-0.15, -0.1) is 0 Å². The number of carbonyl (C=O) groups is 2. The highest BCUT2D eigenvalue weighted by Gasteiger charge is 2.32. The quantitative estimate of drug-likeness (QED) is 0.539. The van der Waals surface area contributed by atoms with Gasteiger partial charge >= 0.3 is 5.97 Å². The van der Waals surface area contributed by atoms with Crippen LogP contribution in [0.2, 0.25) is 0 Å². The maximum absolute atomic E-state index is 11.3. The predicted molar refractivity (Wildman–Crippen MR) is 73.5 cm³/mol. The highest BCUT2D eigenvalue weighted by molar-refractivity contribution is 6.63. The Balaban J connectivity index is 0. The van der Waals surface area contributed by atoms with Crippen molar-refractivity contribution in [2.24, 2.45) is 5.41 Å². The van der Waals surface area contributed by atoms with E-state index in [1.807, 2.05) is 0 Å². The largest absolute Gasteiger partial charge is 0.481 e. The van der Waals surface area contributed by atoms with Crippen molar-refractivity contribution in [3.05, 3.63) is 0 Å². The molecule has 0 saturated carbocycles. The van der Waals surface area contributed by atoms with E-state index < -0.39 is 27.7 Å². The lowest BCUT2D eigenvalue weighted by molar-refractivity contribution is -0.138. The van der Waals surface area contributed by atoms with Crippen LogP contribution in [-0.2, 0) is 9.59 Å². The second kappa shape index (κ2) is 10.5. The van der Waals surface area contributed by atoms with Gasteiger partial charge in [0.25, 0.3) is 0 Å². The highest BCUT2D eigenvalue weighted by Crippen LogP contribution is 2.19. The molecule has 114 valence electrons. The summed E-state index contributed by atoms with van der Waals surface area (Å²) in [6.07, 6.45) is -1.55. The molecule has 0 heterocycles. The number of hydrogen-bond donors (Lipinski definition) is 4. The fourth-order valence-electron chi connectivity index (χ4n) is 0.831. The van der Waals surface area contributed by atoms with E-state index in [-0.39, 0.29) is 19.6 Å². The molecule has 19 heavy (non-hydrogen) atoms. The first-order chi connectivity index (χ1) is 8.54. The number of halogens is 3. The number of aliphatic carboxylic acids is 1. The molecule has 0 saturated heterocycles. The van der Waals surface area contributed by atoms with Gasteiger partial charge in [-0.25, -0.2) is 0 Å². The second-order valence-electron chi connectivity index (χ2n) is 4.23. The van der Waals surface area contributed by atoms with Crippen LogP contribution in [0.25, 0.3) is 0 Å². The van der Waals surface area contributed by atoms with Crippen molar-refractivity contribution in [3.8, 4) is 0 Å². The van der Waals surface area contributed by atoms with E-state index in [2.05, 4.69) is 5.32 Å². The number of aliphatic hydroxyl groups is 2. The third-order valence-corrected chi connectivity index (χ3v) is 2.03. The molecule has 1 atom stereocenters. The maximum atomic E-state index is 11.3. The van der Waals surface area contributed by atoms with E-state index in [1.54, 1.807) is 0 Å². The van der Waals surface area contributed by atoms with Gasteiger partial charge in [0.15, 0.2) is 4.30 Å². The van der Waals surface area contributed by atoms with Crippen LogP contribution in [0.4, 0.5) is 0 Å². The minimum Gasteiger partial charge on any atom is -0.481 e. The summed E-state index contributed by atoms with van der Waals surface area (Å²) in [6, 6.07) is 0. The van der Waals surface area contributed by atoms with Gasteiger partial charge in [-0.3, -0.25) is 9.59 Å². The maximum Gasteiger partial charge on any atom is 0.305 e. The lowest BCUT2D eigenvalue weighted by Crippen LogP contribution is -2.45. The Bertz CT molecular complexity index is 284. The van der Waals surface area contributed by atoms with E-state index in [9.17, 15) is 14.7 Å². The van der Waals surface area contributed by atoms with Crippen LogP contribution >= 0.6 is 34.8 Å². The van der Waals surface area contributed by atoms with Crippen LogP contribution < -0.4 is 5.32 Å². The van der Waals surface area contributed by atoms with Gasteiger partial charge in [-0.1, -0.05) is 48.7 Å². The summed E-state index contributed by atoms with van der Waals surface area (Å²) in [5.74, 6) is -1.69. The molecule has 9 heteroatoms. The summed E-state index contributed by atoms with van der Waals surface area (Å²) in [4.78, 5) is 21.4. The van der Waals surface area contributed by atoms with Crippen molar-refractivity contribution in [3.63, 3.8) is 0 Å². The molecular weight excluding hydrogens is 320 g/mol. The Morgan fingerprint density at radius 2 is 1.68 bits per heavy atom. The Morgan fingerprint density at radius 3 is 2.00 bits per heavy atom. The van der Waals surface area contributed by atoms with Crippen molar-refractivity contribution < 1.29 is 24.9 Å². The first-order valence-corrected chi connectivity index (χ1v) is 6.56. The van der Waals surface area contributed by atoms with Crippen LogP contribution in [0, 0.1) is 5.41 Å². The molecule has 6 nitrogen and oxygen atoms in total. The molecule has 0 aromatic rings. The lowest BCUT2D eigenvalue weighted by atomic mass is 9.87. The topological polar surface area (TPSA) is 107 Å². The standard InChI is InChI=1S/C9H17NO5.CHCl3/c1-9(2,5-11)7(14)8(15)10-4-3-6(12)13;2-1(3)4/h7,11,14H,3-5H2,1-2H3,(H,10,15)(H,12,13);1H/t7-;/m0./s1. The van der Waals surface area contributed by atoms with Crippen LogP contribution in [0.3, 0.4) is 0 Å².